The van der Waals surface area contributed by atoms with Crippen molar-refractivity contribution in [1.82, 2.24) is 0 Å². The smallest absolute Gasteiger partial charge is 0.424 e. The number of rotatable bonds is 0. The number of carbonyl (C=O) groups excluding carboxylic acids is 2. The number of fused-ring (bicyclic) bond motifs is 5. The molecule has 1 aliphatic heterocycles. The normalized spacial score (nSPS) is 45.5. The third-order valence-electron chi connectivity index (χ3n) is 3.42. The van der Waals surface area contributed by atoms with Crippen LogP contribution >= 0.6 is 69.6 Å². The van der Waals surface area contributed by atoms with Gasteiger partial charge in [-0.1, -0.05) is 46.4 Å². The number of ether oxygens (including phenoxy) is 3. The summed E-state index contributed by atoms with van der Waals surface area (Å²) in [6, 6.07) is 0. The Hall–Kier alpha value is 0.220. The second kappa shape index (κ2) is 4.15. The first-order chi connectivity index (χ1) is 9.08. The Kier molecular flexibility index (Phi) is 3.14. The molecule has 4 atom stereocenters. The number of cyclic esters (lactones) is 2. The van der Waals surface area contributed by atoms with E-state index in [9.17, 15) is 9.59 Å². The van der Waals surface area contributed by atoms with E-state index in [1.807, 2.05) is 0 Å². The topological polar surface area (TPSA) is 61.8 Å². The molecule has 11 heteroatoms. The lowest BCUT2D eigenvalue weighted by Gasteiger charge is -2.32. The zero-order valence-electron chi connectivity index (χ0n) is 8.96. The van der Waals surface area contributed by atoms with Crippen LogP contribution in [0.3, 0.4) is 0 Å². The molecule has 5 nitrogen and oxygen atoms in total. The summed E-state index contributed by atoms with van der Waals surface area (Å²) in [5.41, 5.74) is 0. The SMILES string of the molecule is O=C1OC(=O)OC2C(O1)C1(Cl)C(Cl)=C(Cl)C2(Cl)C1(Cl)Cl. The van der Waals surface area contributed by atoms with Gasteiger partial charge in [0, 0.05) is 0 Å². The molecule has 1 saturated carbocycles. The van der Waals surface area contributed by atoms with Crippen molar-refractivity contribution in [3.8, 4) is 0 Å². The Bertz CT molecular complexity index is 529. The average molecular weight is 403 g/mol. The summed E-state index contributed by atoms with van der Waals surface area (Å²) in [4.78, 5) is 18.9. The number of carbonyl (C=O) groups is 2. The molecular formula is C9H2Cl6O5. The quantitative estimate of drug-likeness (QED) is 0.349. The predicted molar refractivity (Wildman–Crippen MR) is 72.0 cm³/mol. The first-order valence-corrected chi connectivity index (χ1v) is 7.26. The van der Waals surface area contributed by atoms with Gasteiger partial charge < -0.3 is 14.2 Å². The highest BCUT2D eigenvalue weighted by Crippen LogP contribution is 2.73. The highest BCUT2D eigenvalue weighted by Gasteiger charge is 2.86. The number of halogens is 6. The summed E-state index contributed by atoms with van der Waals surface area (Å²) >= 11 is 37.1. The maximum absolute atomic E-state index is 11.3. The van der Waals surface area contributed by atoms with Gasteiger partial charge in [0.1, 0.15) is 0 Å². The molecule has 0 radical (unpaired) electrons. The van der Waals surface area contributed by atoms with E-state index in [2.05, 4.69) is 4.74 Å². The molecule has 2 bridgehead atoms. The fraction of sp³-hybridized carbons (Fsp3) is 0.556. The van der Waals surface area contributed by atoms with Gasteiger partial charge >= 0.3 is 12.3 Å². The molecule has 0 aromatic rings. The molecule has 1 heterocycles. The molecule has 3 rings (SSSR count). The van der Waals surface area contributed by atoms with Crippen LogP contribution in [0, 0.1) is 0 Å². The van der Waals surface area contributed by atoms with Crippen molar-refractivity contribution in [3.05, 3.63) is 10.1 Å². The number of hydrogen-bond acceptors (Lipinski definition) is 5. The molecule has 3 aliphatic rings. The van der Waals surface area contributed by atoms with Gasteiger partial charge in [0.15, 0.2) is 26.3 Å². The largest absolute Gasteiger partial charge is 0.519 e. The van der Waals surface area contributed by atoms with Crippen molar-refractivity contribution < 1.29 is 23.8 Å². The molecule has 4 unspecified atom stereocenters. The summed E-state index contributed by atoms with van der Waals surface area (Å²) in [6.07, 6.45) is -5.38. The van der Waals surface area contributed by atoms with Gasteiger partial charge in [0.25, 0.3) is 0 Å². The van der Waals surface area contributed by atoms with E-state index in [1.165, 1.54) is 0 Å². The Labute approximate surface area is 141 Å². The summed E-state index contributed by atoms with van der Waals surface area (Å²) < 4.78 is 12.0. The van der Waals surface area contributed by atoms with Crippen molar-refractivity contribution >= 4 is 81.9 Å². The van der Waals surface area contributed by atoms with Crippen LogP contribution in [0.5, 0.6) is 0 Å². The second-order valence-corrected chi connectivity index (χ2v) is 7.58. The van der Waals surface area contributed by atoms with Gasteiger partial charge in [0.2, 0.25) is 0 Å². The van der Waals surface area contributed by atoms with E-state index in [0.717, 1.165) is 0 Å². The van der Waals surface area contributed by atoms with Crippen LogP contribution in [0.4, 0.5) is 9.59 Å². The molecular weight excluding hydrogens is 401 g/mol. The van der Waals surface area contributed by atoms with Crippen molar-refractivity contribution in [2.45, 2.75) is 26.3 Å². The van der Waals surface area contributed by atoms with Gasteiger partial charge in [-0.15, -0.1) is 23.2 Å². The molecule has 1 saturated heterocycles. The fourth-order valence-electron chi connectivity index (χ4n) is 2.49. The van der Waals surface area contributed by atoms with Crippen LogP contribution in [0.15, 0.2) is 10.1 Å². The average Bonchev–Trinajstić information content (AvgIpc) is 2.53. The lowest BCUT2D eigenvalue weighted by molar-refractivity contribution is 0.0152. The molecule has 2 aliphatic carbocycles. The van der Waals surface area contributed by atoms with E-state index in [4.69, 9.17) is 79.1 Å². The van der Waals surface area contributed by atoms with E-state index in [0.29, 0.717) is 0 Å². The molecule has 0 aromatic carbocycles. The fourth-order valence-corrected chi connectivity index (χ4v) is 5.24. The lowest BCUT2D eigenvalue weighted by atomic mass is 9.99. The van der Waals surface area contributed by atoms with Crippen molar-refractivity contribution in [1.29, 1.82) is 0 Å². The van der Waals surface area contributed by atoms with Gasteiger partial charge in [-0.05, 0) is 0 Å². The summed E-state index contributed by atoms with van der Waals surface area (Å²) in [7, 11) is 0. The minimum atomic E-state index is -1.98. The monoisotopic (exact) mass is 400 g/mol. The van der Waals surface area contributed by atoms with Crippen molar-refractivity contribution in [2.24, 2.45) is 0 Å². The molecule has 2 fully saturated rings. The molecule has 0 amide bonds. The van der Waals surface area contributed by atoms with Crippen LogP contribution in [-0.2, 0) is 14.2 Å². The van der Waals surface area contributed by atoms with E-state index < -0.39 is 38.6 Å². The Morgan fingerprint density at radius 1 is 0.800 bits per heavy atom. The standard InChI is InChI=1S/C9H2Cl6O5/c10-1-2(11)8(13)4-3(7(1,12)9(8,14)15)18-5(16)20-6(17)19-4/h3-4H. The van der Waals surface area contributed by atoms with Gasteiger partial charge in [-0.2, -0.15) is 0 Å². The van der Waals surface area contributed by atoms with Crippen LogP contribution < -0.4 is 0 Å². The van der Waals surface area contributed by atoms with Crippen molar-refractivity contribution in [2.75, 3.05) is 0 Å². The Balaban J connectivity index is 2.24. The summed E-state index contributed by atoms with van der Waals surface area (Å²) in [5.74, 6) is 0. The third kappa shape index (κ3) is 1.40. The highest BCUT2D eigenvalue weighted by molar-refractivity contribution is 6.66. The highest BCUT2D eigenvalue weighted by atomic mass is 35.5. The van der Waals surface area contributed by atoms with Crippen LogP contribution in [-0.4, -0.2) is 38.6 Å². The second-order valence-electron chi connectivity index (χ2n) is 4.30. The molecule has 0 N–H and O–H groups in total. The maximum Gasteiger partial charge on any atom is 0.519 e. The van der Waals surface area contributed by atoms with Crippen LogP contribution in [0.25, 0.3) is 0 Å². The first-order valence-electron chi connectivity index (χ1n) is 4.99. The minimum Gasteiger partial charge on any atom is -0.424 e. The number of hydrogen-bond donors (Lipinski definition) is 0. The number of alkyl halides is 4. The third-order valence-corrected chi connectivity index (χ3v) is 7.64. The zero-order chi connectivity index (χ0) is 15.1. The summed E-state index contributed by atoms with van der Waals surface area (Å²) in [6.45, 7) is 0. The molecule has 0 spiro atoms. The van der Waals surface area contributed by atoms with Gasteiger partial charge in [-0.3, -0.25) is 0 Å². The summed E-state index contributed by atoms with van der Waals surface area (Å²) in [5, 5.41) is -0.374. The molecule has 110 valence electrons. The van der Waals surface area contributed by atoms with E-state index in [1.54, 1.807) is 0 Å². The zero-order valence-corrected chi connectivity index (χ0v) is 13.5. The minimum absolute atomic E-state index is 0.187. The Morgan fingerprint density at radius 2 is 1.15 bits per heavy atom. The maximum atomic E-state index is 11.3. The van der Waals surface area contributed by atoms with E-state index in [-0.39, 0.29) is 10.1 Å². The van der Waals surface area contributed by atoms with Gasteiger partial charge in [-0.25, -0.2) is 9.59 Å². The first kappa shape index (κ1) is 15.1. The van der Waals surface area contributed by atoms with Gasteiger partial charge in [0.05, 0.1) is 10.1 Å². The molecule has 20 heavy (non-hydrogen) atoms. The van der Waals surface area contributed by atoms with E-state index >= 15 is 0 Å². The van der Waals surface area contributed by atoms with Crippen LogP contribution in [0.2, 0.25) is 0 Å². The Morgan fingerprint density at radius 3 is 1.50 bits per heavy atom. The van der Waals surface area contributed by atoms with Crippen LogP contribution in [0.1, 0.15) is 0 Å². The predicted octanol–water partition coefficient (Wildman–Crippen LogP) is 3.87. The lowest BCUT2D eigenvalue weighted by Crippen LogP contribution is -2.48. The molecule has 0 aromatic heterocycles. The van der Waals surface area contributed by atoms with Crippen molar-refractivity contribution in [3.63, 3.8) is 0 Å².